The van der Waals surface area contributed by atoms with Crippen molar-refractivity contribution in [2.45, 2.75) is 44.8 Å². The van der Waals surface area contributed by atoms with Gasteiger partial charge in [0.2, 0.25) is 0 Å². The molecule has 1 aliphatic heterocycles. The second kappa shape index (κ2) is 11.0. The number of hydrogen-bond acceptors (Lipinski definition) is 4. The minimum Gasteiger partial charge on any atom is -0.488 e. The number of halogens is 4. The maximum atomic E-state index is 11.8. The summed E-state index contributed by atoms with van der Waals surface area (Å²) >= 11 is 25.7. The lowest BCUT2D eigenvalue weighted by atomic mass is 9.83. The van der Waals surface area contributed by atoms with Crippen molar-refractivity contribution in [1.29, 1.82) is 0 Å². The van der Waals surface area contributed by atoms with Gasteiger partial charge in [0.25, 0.3) is 0 Å². The van der Waals surface area contributed by atoms with E-state index >= 15 is 0 Å². The third-order valence-electron chi connectivity index (χ3n) is 6.03. The van der Waals surface area contributed by atoms with E-state index in [1.807, 2.05) is 56.3 Å². The molecule has 35 heavy (non-hydrogen) atoms. The van der Waals surface area contributed by atoms with Gasteiger partial charge in [-0.05, 0) is 60.4 Å². The first kappa shape index (κ1) is 26.1. The van der Waals surface area contributed by atoms with Gasteiger partial charge in [-0.2, -0.15) is 0 Å². The van der Waals surface area contributed by atoms with Crippen LogP contribution in [0, 0.1) is 13.8 Å². The normalized spacial score (nSPS) is 18.0. The molecule has 3 aromatic rings. The first-order valence-corrected chi connectivity index (χ1v) is 12.6. The average Bonchev–Trinajstić information content (AvgIpc) is 2.77. The summed E-state index contributed by atoms with van der Waals surface area (Å²) in [5.74, 6) is -0.323. The van der Waals surface area contributed by atoms with Gasteiger partial charge in [-0.15, -0.1) is 0 Å². The van der Waals surface area contributed by atoms with Crippen molar-refractivity contribution in [3.05, 3.63) is 96.4 Å². The molecule has 2 atom stereocenters. The van der Waals surface area contributed by atoms with Crippen molar-refractivity contribution < 1.29 is 19.4 Å². The Labute approximate surface area is 224 Å². The molecular weight excluding hydrogens is 530 g/mol. The van der Waals surface area contributed by atoms with Crippen molar-refractivity contribution >= 4 is 52.4 Å². The van der Waals surface area contributed by atoms with Gasteiger partial charge >= 0.3 is 5.97 Å². The zero-order valence-corrected chi connectivity index (χ0v) is 22.2. The van der Waals surface area contributed by atoms with Crippen LogP contribution in [-0.4, -0.2) is 29.9 Å². The molecule has 3 aromatic carbocycles. The van der Waals surface area contributed by atoms with Gasteiger partial charge in [-0.3, -0.25) is 4.79 Å². The van der Waals surface area contributed by atoms with Crippen molar-refractivity contribution in [2.24, 2.45) is 0 Å². The van der Waals surface area contributed by atoms with Crippen molar-refractivity contribution in [3.63, 3.8) is 0 Å². The fourth-order valence-corrected chi connectivity index (χ4v) is 5.13. The maximum Gasteiger partial charge on any atom is 0.308 e. The number of ether oxygens (including phenoxy) is 2. The molecule has 1 aliphatic rings. The van der Waals surface area contributed by atoms with Crippen LogP contribution in [0.3, 0.4) is 0 Å². The Bertz CT molecular complexity index is 1210. The Kier molecular flexibility index (Phi) is 8.19. The molecule has 4 rings (SSSR count). The minimum absolute atomic E-state index is 0.0165. The number of esters is 1. The zero-order valence-electron chi connectivity index (χ0n) is 19.2. The van der Waals surface area contributed by atoms with Gasteiger partial charge in [-0.25, -0.2) is 0 Å². The Morgan fingerprint density at radius 1 is 0.943 bits per heavy atom. The van der Waals surface area contributed by atoms with E-state index in [9.17, 15) is 9.90 Å². The standard InChI is InChI=1S/C27H24Cl4O4/c1-14-7-16(3-5-22(14)29)26(17-4-6-23(30)15(2)8-17)21-9-18(28)10-24(31)27(21)34-13-20-11-19(32)12-25(33)35-20/h3-10,19-20,26,32H,11-13H2,1-2H3. The molecule has 0 saturated carbocycles. The number of benzene rings is 3. The van der Waals surface area contributed by atoms with Crippen LogP contribution >= 0.6 is 46.4 Å². The molecule has 1 fully saturated rings. The summed E-state index contributed by atoms with van der Waals surface area (Å²) in [6.45, 7) is 3.94. The Morgan fingerprint density at radius 2 is 1.54 bits per heavy atom. The molecule has 0 radical (unpaired) electrons. The quantitative estimate of drug-likeness (QED) is 0.253. The maximum absolute atomic E-state index is 11.8. The predicted molar refractivity (Wildman–Crippen MR) is 140 cm³/mol. The molecule has 0 spiro atoms. The van der Waals surface area contributed by atoms with E-state index in [1.165, 1.54) is 0 Å². The van der Waals surface area contributed by atoms with Crippen LogP contribution < -0.4 is 4.74 Å². The van der Waals surface area contributed by atoms with E-state index in [-0.39, 0.29) is 18.9 Å². The van der Waals surface area contributed by atoms with Crippen LogP contribution in [0.1, 0.15) is 46.6 Å². The number of rotatable bonds is 6. The lowest BCUT2D eigenvalue weighted by Gasteiger charge is -2.28. The fraction of sp³-hybridized carbons (Fsp3) is 0.296. The lowest BCUT2D eigenvalue weighted by Crippen LogP contribution is -2.36. The van der Waals surface area contributed by atoms with E-state index in [1.54, 1.807) is 6.07 Å². The number of aliphatic hydroxyl groups is 1. The van der Waals surface area contributed by atoms with E-state index in [0.29, 0.717) is 32.3 Å². The number of aryl methyl sites for hydroxylation is 2. The summed E-state index contributed by atoms with van der Waals surface area (Å²) < 4.78 is 11.5. The highest BCUT2D eigenvalue weighted by Gasteiger charge is 2.29. The lowest BCUT2D eigenvalue weighted by molar-refractivity contribution is -0.162. The molecule has 0 amide bonds. The van der Waals surface area contributed by atoms with Crippen LogP contribution in [-0.2, 0) is 9.53 Å². The number of carbonyl (C=O) groups is 1. The molecule has 0 aliphatic carbocycles. The predicted octanol–water partition coefficient (Wildman–Crippen LogP) is 7.54. The average molecular weight is 554 g/mol. The largest absolute Gasteiger partial charge is 0.488 e. The summed E-state index contributed by atoms with van der Waals surface area (Å²) in [7, 11) is 0. The summed E-state index contributed by atoms with van der Waals surface area (Å²) in [6, 6.07) is 15.1. The smallest absolute Gasteiger partial charge is 0.308 e. The summed E-state index contributed by atoms with van der Waals surface area (Å²) in [5.41, 5.74) is 4.54. The molecule has 4 nitrogen and oxygen atoms in total. The van der Waals surface area contributed by atoms with Gasteiger partial charge in [0, 0.05) is 33.0 Å². The number of carbonyl (C=O) groups excluding carboxylic acids is 1. The second-order valence-electron chi connectivity index (χ2n) is 8.77. The molecule has 1 heterocycles. The van der Waals surface area contributed by atoms with Gasteiger partial charge < -0.3 is 14.6 Å². The third-order valence-corrected chi connectivity index (χ3v) is 7.37. The van der Waals surface area contributed by atoms with Gasteiger partial charge in [0.15, 0.2) is 0 Å². The highest BCUT2D eigenvalue weighted by atomic mass is 35.5. The fourth-order valence-electron chi connectivity index (χ4n) is 4.33. The number of hydrogen-bond donors (Lipinski definition) is 1. The molecule has 184 valence electrons. The second-order valence-corrected chi connectivity index (χ2v) is 10.4. The highest BCUT2D eigenvalue weighted by Crippen LogP contribution is 2.44. The first-order chi connectivity index (χ1) is 16.6. The molecule has 1 N–H and O–H groups in total. The van der Waals surface area contributed by atoms with Crippen LogP contribution in [0.15, 0.2) is 48.5 Å². The SMILES string of the molecule is Cc1cc(C(c2ccc(Cl)c(C)c2)c2cc(Cl)cc(Cl)c2OCC2CC(O)CC(=O)O2)ccc1Cl. The number of cyclic esters (lactones) is 1. The van der Waals surface area contributed by atoms with E-state index in [4.69, 9.17) is 55.9 Å². The molecular formula is C27H24Cl4O4. The molecule has 1 saturated heterocycles. The molecule has 2 unspecified atom stereocenters. The Balaban J connectivity index is 1.81. The topological polar surface area (TPSA) is 55.8 Å². The van der Waals surface area contributed by atoms with Gasteiger partial charge in [-0.1, -0.05) is 70.7 Å². The summed E-state index contributed by atoms with van der Waals surface area (Å²) in [6.07, 6.45) is -1.06. The molecule has 0 aromatic heterocycles. The van der Waals surface area contributed by atoms with Gasteiger partial charge in [0.05, 0.1) is 17.5 Å². The van der Waals surface area contributed by atoms with Crippen molar-refractivity contribution in [2.75, 3.05) is 6.61 Å². The van der Waals surface area contributed by atoms with Crippen LogP contribution in [0.5, 0.6) is 5.75 Å². The monoisotopic (exact) mass is 552 g/mol. The summed E-state index contributed by atoms with van der Waals surface area (Å²) in [4.78, 5) is 11.8. The van der Waals surface area contributed by atoms with E-state index in [0.717, 1.165) is 27.8 Å². The third kappa shape index (κ3) is 6.07. The molecule has 8 heteroatoms. The van der Waals surface area contributed by atoms with Crippen molar-refractivity contribution in [3.8, 4) is 5.75 Å². The van der Waals surface area contributed by atoms with E-state index in [2.05, 4.69) is 0 Å². The summed E-state index contributed by atoms with van der Waals surface area (Å²) in [5, 5.41) is 12.1. The highest BCUT2D eigenvalue weighted by molar-refractivity contribution is 6.35. The van der Waals surface area contributed by atoms with E-state index < -0.39 is 18.2 Å². The van der Waals surface area contributed by atoms with Crippen LogP contribution in [0.25, 0.3) is 0 Å². The van der Waals surface area contributed by atoms with Gasteiger partial charge in [0.1, 0.15) is 18.5 Å². The molecule has 0 bridgehead atoms. The number of aliphatic hydroxyl groups excluding tert-OH is 1. The van der Waals surface area contributed by atoms with Crippen LogP contribution in [0.2, 0.25) is 20.1 Å². The van der Waals surface area contributed by atoms with Crippen LogP contribution in [0.4, 0.5) is 0 Å². The first-order valence-electron chi connectivity index (χ1n) is 11.1. The zero-order chi connectivity index (χ0) is 25.3. The Hall–Kier alpha value is -1.95. The van der Waals surface area contributed by atoms with Crippen molar-refractivity contribution in [1.82, 2.24) is 0 Å². The minimum atomic E-state index is -0.758. The Morgan fingerprint density at radius 3 is 2.09 bits per heavy atom.